The Morgan fingerprint density at radius 3 is 2.18 bits per heavy atom. The number of hydrogen-bond acceptors (Lipinski definition) is 5. The number of nitrogens with zero attached hydrogens (tertiary/aromatic N) is 2. The molecule has 1 aliphatic heterocycles. The summed E-state index contributed by atoms with van der Waals surface area (Å²) in [7, 11) is -0.326. The van der Waals surface area contributed by atoms with E-state index >= 15 is 0 Å². The number of amides is 3. The van der Waals surface area contributed by atoms with E-state index in [9.17, 15) is 22.6 Å². The van der Waals surface area contributed by atoms with Gasteiger partial charge in [0.05, 0.1) is 37.3 Å². The van der Waals surface area contributed by atoms with E-state index in [1.165, 1.54) is 4.90 Å². The highest BCUT2D eigenvalue weighted by Crippen LogP contribution is 2.17. The van der Waals surface area contributed by atoms with E-state index in [4.69, 9.17) is 0 Å². The molecule has 0 unspecified atom stereocenters. The van der Waals surface area contributed by atoms with Gasteiger partial charge in [0, 0.05) is 25.1 Å². The summed E-state index contributed by atoms with van der Waals surface area (Å²) >= 11 is 0. The second kappa shape index (κ2) is 6.51. The van der Waals surface area contributed by atoms with Crippen LogP contribution in [0.4, 0.5) is 4.79 Å². The minimum atomic E-state index is -4.17. The Balaban J connectivity index is 2.40. The summed E-state index contributed by atoms with van der Waals surface area (Å²) in [6.07, 6.45) is 0.918. The normalized spacial score (nSPS) is 18.7. The minimum Gasteiger partial charge on any atom is -0.748 e. The molecule has 0 aliphatic carbocycles. The minimum absolute atomic E-state index is 0.236. The molecule has 0 aromatic heterocycles. The van der Waals surface area contributed by atoms with Crippen LogP contribution in [0.15, 0.2) is 0 Å². The summed E-state index contributed by atoms with van der Waals surface area (Å²) < 4.78 is 32.3. The molecular weight excluding hydrogens is 310 g/mol. The monoisotopic (exact) mass is 335 g/mol. The van der Waals surface area contributed by atoms with Gasteiger partial charge in [-0.1, -0.05) is 0 Å². The number of quaternary nitrogens is 1. The van der Waals surface area contributed by atoms with Crippen LogP contribution in [-0.4, -0.2) is 79.3 Å². The van der Waals surface area contributed by atoms with Crippen molar-refractivity contribution in [2.24, 2.45) is 0 Å². The third-order valence-corrected chi connectivity index (χ3v) is 4.54. The quantitative estimate of drug-likeness (QED) is 0.373. The number of hydrogen-bond donors (Lipinski definition) is 1. The molecule has 3 amide bonds. The lowest BCUT2D eigenvalue weighted by Gasteiger charge is -2.30. The van der Waals surface area contributed by atoms with Crippen LogP contribution in [0.5, 0.6) is 0 Å². The maximum Gasteiger partial charge on any atom is 0.325 e. The number of nitrogens with one attached hydrogen (secondary N) is 1. The van der Waals surface area contributed by atoms with Gasteiger partial charge in [-0.25, -0.2) is 13.2 Å². The zero-order chi connectivity index (χ0) is 17.2. The van der Waals surface area contributed by atoms with Gasteiger partial charge in [0.15, 0.2) is 0 Å². The lowest BCUT2D eigenvalue weighted by Crippen LogP contribution is -2.44. The van der Waals surface area contributed by atoms with Gasteiger partial charge in [0.25, 0.3) is 5.91 Å². The van der Waals surface area contributed by atoms with E-state index in [-0.39, 0.29) is 17.7 Å². The molecule has 1 fully saturated rings. The van der Waals surface area contributed by atoms with Gasteiger partial charge in [-0.05, 0) is 13.8 Å². The van der Waals surface area contributed by atoms with Crippen molar-refractivity contribution < 1.29 is 27.0 Å². The molecule has 1 rings (SSSR count). The first-order valence-corrected chi connectivity index (χ1v) is 8.81. The molecule has 1 heterocycles. The fraction of sp³-hybridized carbons (Fsp3) is 0.846. The van der Waals surface area contributed by atoms with E-state index in [0.29, 0.717) is 37.0 Å². The van der Waals surface area contributed by atoms with Crippen LogP contribution >= 0.6 is 0 Å². The molecule has 0 aromatic carbocycles. The van der Waals surface area contributed by atoms with Crippen molar-refractivity contribution in [1.82, 2.24) is 10.2 Å². The van der Waals surface area contributed by atoms with Crippen LogP contribution in [0.25, 0.3) is 0 Å². The molecule has 1 saturated heterocycles. The Labute approximate surface area is 131 Å². The Morgan fingerprint density at radius 1 is 1.18 bits per heavy atom. The summed E-state index contributed by atoms with van der Waals surface area (Å²) in [5, 5.41) is 2.62. The molecule has 128 valence electrons. The van der Waals surface area contributed by atoms with Crippen molar-refractivity contribution in [2.45, 2.75) is 32.2 Å². The average molecular weight is 335 g/mol. The second-order valence-electron chi connectivity index (χ2n) is 6.86. The maximum absolute atomic E-state index is 12.0. The van der Waals surface area contributed by atoms with Crippen molar-refractivity contribution >= 4 is 22.1 Å². The molecular formula is C13H25N3O5S. The fourth-order valence-electron chi connectivity index (χ4n) is 2.46. The van der Waals surface area contributed by atoms with Crippen LogP contribution in [-0.2, 0) is 14.9 Å². The SMILES string of the molecule is CC1(C)NC(=O)N(CCC[N+](C)(C)CCCS(=O)(=O)[O-])C1=O. The first-order chi connectivity index (χ1) is 9.84. The fourth-order valence-corrected chi connectivity index (χ4v) is 2.94. The highest BCUT2D eigenvalue weighted by Gasteiger charge is 2.43. The van der Waals surface area contributed by atoms with Crippen LogP contribution in [0.1, 0.15) is 26.7 Å². The number of carbonyl (C=O) groups excluding carboxylic acids is 2. The van der Waals surface area contributed by atoms with E-state index in [2.05, 4.69) is 5.32 Å². The summed E-state index contributed by atoms with van der Waals surface area (Å²) in [6.45, 7) is 4.88. The largest absolute Gasteiger partial charge is 0.748 e. The zero-order valence-electron chi connectivity index (χ0n) is 13.6. The van der Waals surface area contributed by atoms with Gasteiger partial charge in [0.2, 0.25) is 0 Å². The van der Waals surface area contributed by atoms with Crippen LogP contribution in [0, 0.1) is 0 Å². The predicted molar refractivity (Wildman–Crippen MR) is 80.0 cm³/mol. The third kappa shape index (κ3) is 5.54. The highest BCUT2D eigenvalue weighted by atomic mass is 32.2. The van der Waals surface area contributed by atoms with E-state index < -0.39 is 15.7 Å². The first-order valence-electron chi connectivity index (χ1n) is 7.24. The van der Waals surface area contributed by atoms with E-state index in [1.54, 1.807) is 13.8 Å². The van der Waals surface area contributed by atoms with Crippen molar-refractivity contribution in [1.29, 1.82) is 0 Å². The summed E-state index contributed by atoms with van der Waals surface area (Å²) in [6, 6.07) is -0.377. The van der Waals surface area contributed by atoms with Gasteiger partial charge in [-0.2, -0.15) is 0 Å². The van der Waals surface area contributed by atoms with Gasteiger partial charge >= 0.3 is 6.03 Å². The topological polar surface area (TPSA) is 107 Å². The lowest BCUT2D eigenvalue weighted by molar-refractivity contribution is -0.890. The molecule has 9 heteroatoms. The molecule has 8 nitrogen and oxygen atoms in total. The van der Waals surface area contributed by atoms with Gasteiger partial charge < -0.3 is 14.4 Å². The molecule has 0 bridgehead atoms. The Bertz CT molecular complexity index is 542. The molecule has 0 atom stereocenters. The van der Waals surface area contributed by atoms with Crippen molar-refractivity contribution in [3.63, 3.8) is 0 Å². The van der Waals surface area contributed by atoms with Gasteiger partial charge in [0.1, 0.15) is 5.54 Å². The molecule has 1 N–H and O–H groups in total. The Morgan fingerprint density at radius 2 is 1.73 bits per heavy atom. The second-order valence-corrected chi connectivity index (χ2v) is 8.39. The number of carbonyl (C=O) groups is 2. The Kier molecular flexibility index (Phi) is 5.58. The summed E-state index contributed by atoms with van der Waals surface area (Å²) in [5.74, 6) is -0.601. The predicted octanol–water partition coefficient (Wildman–Crippen LogP) is -0.281. The van der Waals surface area contributed by atoms with Crippen LogP contribution in [0.3, 0.4) is 0 Å². The molecule has 22 heavy (non-hydrogen) atoms. The first kappa shape index (κ1) is 18.9. The smallest absolute Gasteiger partial charge is 0.325 e. The maximum atomic E-state index is 12.0. The van der Waals surface area contributed by atoms with Crippen molar-refractivity contribution in [3.05, 3.63) is 0 Å². The average Bonchev–Trinajstić information content (AvgIpc) is 2.48. The van der Waals surface area contributed by atoms with E-state index in [0.717, 1.165) is 0 Å². The number of rotatable bonds is 8. The van der Waals surface area contributed by atoms with Gasteiger partial charge in [-0.3, -0.25) is 9.69 Å². The highest BCUT2D eigenvalue weighted by molar-refractivity contribution is 7.85. The molecule has 0 radical (unpaired) electrons. The van der Waals surface area contributed by atoms with E-state index in [1.807, 2.05) is 14.1 Å². The van der Waals surface area contributed by atoms with Gasteiger partial charge in [-0.15, -0.1) is 0 Å². The zero-order valence-corrected chi connectivity index (χ0v) is 14.4. The van der Waals surface area contributed by atoms with Crippen molar-refractivity contribution in [2.75, 3.05) is 39.5 Å². The molecule has 1 aliphatic rings. The third-order valence-electron chi connectivity index (χ3n) is 3.75. The summed E-state index contributed by atoms with van der Waals surface area (Å²) in [5.41, 5.74) is -0.857. The molecule has 0 saturated carbocycles. The lowest BCUT2D eigenvalue weighted by atomic mass is 10.1. The molecule has 0 spiro atoms. The van der Waals surface area contributed by atoms with Crippen molar-refractivity contribution in [3.8, 4) is 0 Å². The van der Waals surface area contributed by atoms with Crippen LogP contribution < -0.4 is 5.32 Å². The Hall–Kier alpha value is -1.19. The standard InChI is InChI=1S/C13H25N3O5S/c1-13(2)11(17)15(12(18)14-13)7-5-8-16(3,4)9-6-10-22(19,20)21/h5-10H2,1-4H3,(H-,14,18,19,20,21). The molecule has 0 aromatic rings. The number of urea groups is 1. The summed E-state index contributed by atoms with van der Waals surface area (Å²) in [4.78, 5) is 24.9. The number of imide groups is 1. The van der Waals surface area contributed by atoms with Crippen LogP contribution in [0.2, 0.25) is 0 Å².